The summed E-state index contributed by atoms with van der Waals surface area (Å²) in [5, 5.41) is 2.54. The van der Waals surface area contributed by atoms with E-state index in [-0.39, 0.29) is 30.2 Å². The van der Waals surface area contributed by atoms with Gasteiger partial charge in [-0.2, -0.15) is 0 Å². The number of ether oxygens (including phenoxy) is 1. The number of imide groups is 1. The van der Waals surface area contributed by atoms with E-state index < -0.39 is 0 Å². The van der Waals surface area contributed by atoms with Crippen molar-refractivity contribution in [2.24, 2.45) is 0 Å². The lowest BCUT2D eigenvalue weighted by molar-refractivity contribution is -0.123. The third kappa shape index (κ3) is 6.21. The lowest BCUT2D eigenvalue weighted by Gasteiger charge is -2.12. The number of carbonyl (C=O) groups excluding carboxylic acids is 3. The van der Waals surface area contributed by atoms with Gasteiger partial charge < -0.3 is 10.1 Å². The fraction of sp³-hybridized carbons (Fsp3) is 0.148. The Labute approximate surface area is 216 Å². The molecule has 3 aromatic rings. The molecule has 3 amide bonds. The van der Waals surface area contributed by atoms with Crippen molar-refractivity contribution in [3.63, 3.8) is 0 Å². The van der Waals surface area contributed by atoms with Gasteiger partial charge in [-0.15, -0.1) is 0 Å². The van der Waals surface area contributed by atoms with Crippen LogP contribution in [0.25, 0.3) is 6.08 Å². The molecule has 3 aromatic carbocycles. The maximum absolute atomic E-state index is 12.8. The summed E-state index contributed by atoms with van der Waals surface area (Å²) in [6.07, 6.45) is 1.68. The highest BCUT2D eigenvalue weighted by Crippen LogP contribution is 2.34. The second-order valence-electron chi connectivity index (χ2n) is 8.10. The second-order valence-corrected chi connectivity index (χ2v) is 9.94. The van der Waals surface area contributed by atoms with Crippen LogP contribution < -0.4 is 10.1 Å². The first-order chi connectivity index (χ1) is 16.8. The molecule has 178 valence electrons. The number of para-hydroxylation sites is 1. The Balaban J connectivity index is 1.39. The molecule has 0 aliphatic carbocycles. The summed E-state index contributed by atoms with van der Waals surface area (Å²) in [4.78, 5) is 39.1. The van der Waals surface area contributed by atoms with Crippen LogP contribution in [0.15, 0.2) is 76.1 Å². The highest BCUT2D eigenvalue weighted by Gasteiger charge is 2.35. The lowest BCUT2D eigenvalue weighted by Crippen LogP contribution is -2.27. The molecule has 0 aromatic heterocycles. The number of halogens is 1. The standard InChI is InChI=1S/C27H23BrN2O4S/c1-17-7-9-19(10-8-17)15-30-26(32)24(35-27(30)33)14-20-11-12-23(21(28)13-20)34-16-25(31)29-22-6-4-3-5-18(22)2/h3-14H,15-16H2,1-2H3,(H,29,31)/b24-14-. The summed E-state index contributed by atoms with van der Waals surface area (Å²) < 4.78 is 6.28. The van der Waals surface area contributed by atoms with E-state index in [1.807, 2.05) is 62.4 Å². The molecule has 6 nitrogen and oxygen atoms in total. The van der Waals surface area contributed by atoms with Crippen molar-refractivity contribution in [3.8, 4) is 5.75 Å². The summed E-state index contributed by atoms with van der Waals surface area (Å²) in [6, 6.07) is 20.5. The normalized spacial score (nSPS) is 14.5. The van der Waals surface area contributed by atoms with Gasteiger partial charge in [-0.1, -0.05) is 54.1 Å². The van der Waals surface area contributed by atoms with E-state index in [4.69, 9.17) is 4.74 Å². The van der Waals surface area contributed by atoms with Gasteiger partial charge >= 0.3 is 0 Å². The summed E-state index contributed by atoms with van der Waals surface area (Å²) >= 11 is 4.38. The number of aryl methyl sites for hydroxylation is 2. The van der Waals surface area contributed by atoms with Crippen molar-refractivity contribution in [2.45, 2.75) is 20.4 Å². The van der Waals surface area contributed by atoms with Crippen LogP contribution >= 0.6 is 27.7 Å². The Kier molecular flexibility index (Phi) is 7.73. The minimum atomic E-state index is -0.315. The van der Waals surface area contributed by atoms with E-state index >= 15 is 0 Å². The average Bonchev–Trinajstić information content (AvgIpc) is 3.08. The molecule has 35 heavy (non-hydrogen) atoms. The molecule has 1 aliphatic rings. The SMILES string of the molecule is Cc1ccc(CN2C(=O)S/C(=C\c3ccc(OCC(=O)Nc4ccccc4C)c(Br)c3)C2=O)cc1. The molecule has 0 spiro atoms. The van der Waals surface area contributed by atoms with E-state index in [9.17, 15) is 14.4 Å². The summed E-state index contributed by atoms with van der Waals surface area (Å²) in [7, 11) is 0. The van der Waals surface area contributed by atoms with E-state index in [2.05, 4.69) is 21.2 Å². The van der Waals surface area contributed by atoms with E-state index in [1.165, 1.54) is 4.90 Å². The number of rotatable bonds is 7. The predicted octanol–water partition coefficient (Wildman–Crippen LogP) is 6.32. The second kappa shape index (κ2) is 10.9. The molecule has 0 bridgehead atoms. The Morgan fingerprint density at radius 3 is 2.51 bits per heavy atom. The fourth-order valence-corrected chi connectivity index (χ4v) is 4.78. The highest BCUT2D eigenvalue weighted by molar-refractivity contribution is 9.10. The smallest absolute Gasteiger partial charge is 0.293 e. The van der Waals surface area contributed by atoms with Crippen LogP contribution in [0.4, 0.5) is 10.5 Å². The highest BCUT2D eigenvalue weighted by atomic mass is 79.9. The van der Waals surface area contributed by atoms with Gasteiger partial charge in [0.25, 0.3) is 17.1 Å². The predicted molar refractivity (Wildman–Crippen MR) is 142 cm³/mol. The zero-order valence-corrected chi connectivity index (χ0v) is 21.6. The molecular formula is C27H23BrN2O4S. The number of nitrogens with zero attached hydrogens (tertiary/aromatic N) is 1. The van der Waals surface area contributed by atoms with E-state index in [1.54, 1.807) is 24.3 Å². The van der Waals surface area contributed by atoms with Crippen molar-refractivity contribution in [1.29, 1.82) is 0 Å². The number of nitrogens with one attached hydrogen (secondary N) is 1. The molecule has 0 atom stereocenters. The summed E-state index contributed by atoms with van der Waals surface area (Å²) in [5.74, 6) is -0.0861. The van der Waals surface area contributed by atoms with Crippen molar-refractivity contribution >= 4 is 56.5 Å². The topological polar surface area (TPSA) is 75.7 Å². The quantitative estimate of drug-likeness (QED) is 0.348. The zero-order chi connectivity index (χ0) is 24.9. The van der Waals surface area contributed by atoms with Crippen molar-refractivity contribution < 1.29 is 19.1 Å². The van der Waals surface area contributed by atoms with Gasteiger partial charge in [-0.3, -0.25) is 19.3 Å². The maximum Gasteiger partial charge on any atom is 0.293 e. The number of hydrogen-bond acceptors (Lipinski definition) is 5. The van der Waals surface area contributed by atoms with Crippen LogP contribution in [-0.4, -0.2) is 28.6 Å². The molecule has 1 fully saturated rings. The summed E-state index contributed by atoms with van der Waals surface area (Å²) in [5.41, 5.74) is 4.46. The molecule has 0 unspecified atom stereocenters. The number of anilines is 1. The third-order valence-corrected chi connectivity index (χ3v) is 6.89. The van der Waals surface area contributed by atoms with E-state index in [0.29, 0.717) is 15.1 Å². The summed E-state index contributed by atoms with van der Waals surface area (Å²) in [6.45, 7) is 4.00. The monoisotopic (exact) mass is 550 g/mol. The molecular weight excluding hydrogens is 528 g/mol. The number of benzene rings is 3. The molecule has 1 N–H and O–H groups in total. The number of amides is 3. The average molecular weight is 551 g/mol. The molecule has 1 heterocycles. The van der Waals surface area contributed by atoms with Gasteiger partial charge in [0.05, 0.1) is 15.9 Å². The van der Waals surface area contributed by atoms with Crippen LogP contribution in [0.2, 0.25) is 0 Å². The minimum Gasteiger partial charge on any atom is -0.483 e. The van der Waals surface area contributed by atoms with Gasteiger partial charge in [-0.25, -0.2) is 0 Å². The number of hydrogen-bond donors (Lipinski definition) is 1. The Hall–Kier alpha value is -3.36. The molecule has 0 saturated carbocycles. The van der Waals surface area contributed by atoms with Crippen LogP contribution in [0, 0.1) is 13.8 Å². The Bertz CT molecular complexity index is 1320. The molecule has 4 rings (SSSR count). The van der Waals surface area contributed by atoms with Crippen LogP contribution in [0.3, 0.4) is 0 Å². The van der Waals surface area contributed by atoms with Crippen molar-refractivity contribution in [3.05, 3.63) is 98.4 Å². The fourth-order valence-electron chi connectivity index (χ4n) is 3.43. The maximum atomic E-state index is 12.8. The van der Waals surface area contributed by atoms with Crippen LogP contribution in [-0.2, 0) is 16.1 Å². The van der Waals surface area contributed by atoms with Crippen molar-refractivity contribution in [2.75, 3.05) is 11.9 Å². The van der Waals surface area contributed by atoms with E-state index in [0.717, 1.165) is 39.7 Å². The Morgan fingerprint density at radius 1 is 1.06 bits per heavy atom. The third-order valence-electron chi connectivity index (χ3n) is 5.37. The molecule has 8 heteroatoms. The first-order valence-corrected chi connectivity index (χ1v) is 12.5. The molecule has 1 saturated heterocycles. The van der Waals surface area contributed by atoms with Crippen LogP contribution in [0.1, 0.15) is 22.3 Å². The van der Waals surface area contributed by atoms with Gasteiger partial charge in [0.2, 0.25) is 0 Å². The van der Waals surface area contributed by atoms with Gasteiger partial charge in [0.15, 0.2) is 6.61 Å². The minimum absolute atomic E-state index is 0.149. The first-order valence-electron chi connectivity index (χ1n) is 10.9. The van der Waals surface area contributed by atoms with Gasteiger partial charge in [0.1, 0.15) is 5.75 Å². The van der Waals surface area contributed by atoms with Crippen LogP contribution in [0.5, 0.6) is 5.75 Å². The Morgan fingerprint density at radius 2 is 1.80 bits per heavy atom. The van der Waals surface area contributed by atoms with Gasteiger partial charge in [-0.05, 0) is 82.5 Å². The first kappa shape index (κ1) is 24.8. The van der Waals surface area contributed by atoms with Gasteiger partial charge in [0, 0.05) is 5.69 Å². The lowest BCUT2D eigenvalue weighted by atomic mass is 10.1. The largest absolute Gasteiger partial charge is 0.483 e. The number of thioether (sulfide) groups is 1. The molecule has 0 radical (unpaired) electrons. The van der Waals surface area contributed by atoms with Crippen molar-refractivity contribution in [1.82, 2.24) is 4.90 Å². The molecule has 1 aliphatic heterocycles. The zero-order valence-electron chi connectivity index (χ0n) is 19.2. The number of carbonyl (C=O) groups is 3.